The van der Waals surface area contributed by atoms with E-state index in [0.717, 1.165) is 9.54 Å². The number of aromatic nitrogens is 1. The smallest absolute Gasteiger partial charge is 0.299 e. The monoisotopic (exact) mass is 455 g/mol. The van der Waals surface area contributed by atoms with E-state index < -0.39 is 25.9 Å². The molecule has 0 saturated heterocycles. The maximum atomic E-state index is 13.2. The number of para-hydroxylation sites is 1. The fourth-order valence-corrected chi connectivity index (χ4v) is 5.28. The molecule has 0 amide bonds. The summed E-state index contributed by atoms with van der Waals surface area (Å²) < 4.78 is 55.5. The molecule has 1 heterocycles. The van der Waals surface area contributed by atoms with Crippen molar-refractivity contribution in [3.8, 4) is 5.88 Å². The molecule has 3 aromatic carbocycles. The van der Waals surface area contributed by atoms with Gasteiger partial charge in [0, 0.05) is 5.39 Å². The first-order valence-electron chi connectivity index (χ1n) is 9.09. The Balaban J connectivity index is 1.90. The molecule has 0 aliphatic rings. The summed E-state index contributed by atoms with van der Waals surface area (Å²) in [5.74, 6) is -0.728. The maximum absolute atomic E-state index is 13.2. The average Bonchev–Trinajstić information content (AvgIpc) is 3.05. The average molecular weight is 456 g/mol. The van der Waals surface area contributed by atoms with E-state index in [1.807, 2.05) is 6.92 Å². The molecule has 0 radical (unpaired) electrons. The highest BCUT2D eigenvalue weighted by Crippen LogP contribution is 2.41. The topological polar surface area (TPSA) is 118 Å². The summed E-state index contributed by atoms with van der Waals surface area (Å²) in [5.41, 5.74) is 0.763. The van der Waals surface area contributed by atoms with E-state index in [1.54, 1.807) is 42.5 Å². The van der Waals surface area contributed by atoms with Crippen molar-refractivity contribution in [2.45, 2.75) is 16.7 Å². The Morgan fingerprint density at radius 2 is 1.39 bits per heavy atom. The summed E-state index contributed by atoms with van der Waals surface area (Å²) in [6, 6.07) is 19.8. The minimum Gasteiger partial charge on any atom is -0.492 e. The highest BCUT2D eigenvalue weighted by molar-refractivity contribution is 7.90. The zero-order chi connectivity index (χ0) is 22.2. The molecule has 158 valence electrons. The van der Waals surface area contributed by atoms with Gasteiger partial charge in [-0.2, -0.15) is 8.42 Å². The van der Waals surface area contributed by atoms with E-state index >= 15 is 0 Å². The summed E-state index contributed by atoms with van der Waals surface area (Å²) in [5, 5.41) is 14.7. The van der Waals surface area contributed by atoms with Gasteiger partial charge in [0.1, 0.15) is 0 Å². The number of nitrogens with zero attached hydrogens (tertiary/aromatic N) is 3. The number of fused-ring (bicyclic) bond motifs is 1. The third-order valence-electron chi connectivity index (χ3n) is 4.63. The van der Waals surface area contributed by atoms with Crippen molar-refractivity contribution in [2.75, 3.05) is 0 Å². The van der Waals surface area contributed by atoms with E-state index in [9.17, 15) is 21.9 Å². The molecule has 8 nitrogen and oxygen atoms in total. The molecule has 0 spiro atoms. The minimum absolute atomic E-state index is 0.0328. The van der Waals surface area contributed by atoms with Crippen LogP contribution in [0.25, 0.3) is 10.9 Å². The van der Waals surface area contributed by atoms with Gasteiger partial charge in [-0.25, -0.2) is 12.4 Å². The van der Waals surface area contributed by atoms with Gasteiger partial charge >= 0.3 is 0 Å². The molecule has 0 saturated carbocycles. The van der Waals surface area contributed by atoms with Crippen molar-refractivity contribution in [3.05, 3.63) is 84.4 Å². The van der Waals surface area contributed by atoms with Crippen molar-refractivity contribution in [3.63, 3.8) is 0 Å². The number of benzene rings is 3. The van der Waals surface area contributed by atoms with Crippen LogP contribution in [0.2, 0.25) is 0 Å². The lowest BCUT2D eigenvalue weighted by Crippen LogP contribution is -2.12. The van der Waals surface area contributed by atoms with Crippen LogP contribution in [-0.2, 0) is 20.0 Å². The van der Waals surface area contributed by atoms with Crippen LogP contribution in [0.3, 0.4) is 0 Å². The molecule has 10 heteroatoms. The van der Waals surface area contributed by atoms with Crippen LogP contribution in [0.5, 0.6) is 5.88 Å². The first-order valence-corrected chi connectivity index (χ1v) is 12.0. The minimum atomic E-state index is -4.18. The molecule has 0 aliphatic carbocycles. The molecule has 4 aromatic rings. The van der Waals surface area contributed by atoms with Gasteiger partial charge in [0.15, 0.2) is 5.69 Å². The van der Waals surface area contributed by atoms with Crippen molar-refractivity contribution in [1.82, 2.24) is 3.97 Å². The number of rotatable bonds is 5. The Bertz CT molecular complexity index is 1510. The van der Waals surface area contributed by atoms with Gasteiger partial charge in [-0.1, -0.05) is 58.6 Å². The van der Waals surface area contributed by atoms with E-state index in [-0.39, 0.29) is 26.4 Å². The van der Waals surface area contributed by atoms with Crippen molar-refractivity contribution >= 4 is 36.6 Å². The van der Waals surface area contributed by atoms with E-state index in [2.05, 4.69) is 9.63 Å². The standard InChI is InChI=1S/C21H17N3O5S2/c1-15-11-13-17(14-12-15)31(28,29)24-19-10-6-5-9-18(19)20(21(24)25)22-23-30(26,27)16-7-3-2-4-8-16/h2-14,25H,1H3. The lowest BCUT2D eigenvalue weighted by molar-refractivity contribution is 0.448. The Labute approximate surface area is 179 Å². The third-order valence-corrected chi connectivity index (χ3v) is 7.51. The van der Waals surface area contributed by atoms with Crippen molar-refractivity contribution < 1.29 is 21.9 Å². The van der Waals surface area contributed by atoms with Gasteiger partial charge in [0.25, 0.3) is 20.0 Å². The normalized spacial score (nSPS) is 12.5. The van der Waals surface area contributed by atoms with E-state index in [0.29, 0.717) is 0 Å². The summed E-state index contributed by atoms with van der Waals surface area (Å²) in [6.07, 6.45) is 0. The first-order chi connectivity index (χ1) is 14.7. The summed E-state index contributed by atoms with van der Waals surface area (Å²) >= 11 is 0. The number of hydrogen-bond donors (Lipinski definition) is 1. The maximum Gasteiger partial charge on any atom is 0.299 e. The molecule has 0 unspecified atom stereocenters. The molecule has 0 aliphatic heterocycles. The SMILES string of the molecule is Cc1ccc(S(=O)(=O)n2c(O)c(N=NS(=O)(=O)c3ccccc3)c3ccccc32)cc1. The van der Waals surface area contributed by atoms with Crippen LogP contribution < -0.4 is 0 Å². The first kappa shape index (κ1) is 20.8. The van der Waals surface area contributed by atoms with Gasteiger partial charge in [-0.05, 0) is 37.3 Å². The molecular weight excluding hydrogens is 438 g/mol. The number of hydrogen-bond acceptors (Lipinski definition) is 6. The summed E-state index contributed by atoms with van der Waals surface area (Å²) in [7, 11) is -8.32. The zero-order valence-electron chi connectivity index (χ0n) is 16.2. The number of aromatic hydroxyl groups is 1. The Kier molecular flexibility index (Phi) is 5.11. The van der Waals surface area contributed by atoms with Gasteiger partial charge in [-0.3, -0.25) is 0 Å². The highest BCUT2D eigenvalue weighted by atomic mass is 32.2. The molecule has 0 atom stereocenters. The lowest BCUT2D eigenvalue weighted by atomic mass is 10.2. The summed E-state index contributed by atoms with van der Waals surface area (Å²) in [4.78, 5) is -0.108. The second kappa shape index (κ2) is 7.64. The molecule has 1 N–H and O–H groups in total. The largest absolute Gasteiger partial charge is 0.492 e. The molecule has 4 rings (SSSR count). The third kappa shape index (κ3) is 3.71. The van der Waals surface area contributed by atoms with E-state index in [1.165, 1.54) is 36.4 Å². The quantitative estimate of drug-likeness (QED) is 0.449. The fourth-order valence-electron chi connectivity index (χ4n) is 3.07. The van der Waals surface area contributed by atoms with Crippen LogP contribution >= 0.6 is 0 Å². The second-order valence-corrected chi connectivity index (χ2v) is 10.1. The summed E-state index contributed by atoms with van der Waals surface area (Å²) in [6.45, 7) is 1.82. The predicted octanol–water partition coefficient (Wildman–Crippen LogP) is 4.36. The number of aryl methyl sites for hydroxylation is 1. The van der Waals surface area contributed by atoms with Gasteiger partial charge < -0.3 is 5.11 Å². The van der Waals surface area contributed by atoms with Crippen molar-refractivity contribution in [1.29, 1.82) is 0 Å². The van der Waals surface area contributed by atoms with Crippen LogP contribution in [-0.4, -0.2) is 25.9 Å². The van der Waals surface area contributed by atoms with Crippen molar-refractivity contribution in [2.24, 2.45) is 9.63 Å². The molecule has 0 fully saturated rings. The van der Waals surface area contributed by atoms with Crippen LogP contribution in [0.1, 0.15) is 5.56 Å². The predicted molar refractivity (Wildman–Crippen MR) is 116 cm³/mol. The fraction of sp³-hybridized carbons (Fsp3) is 0.0476. The van der Waals surface area contributed by atoms with Gasteiger partial charge in [0.2, 0.25) is 5.88 Å². The molecular formula is C21H17N3O5S2. The Morgan fingerprint density at radius 1 is 0.774 bits per heavy atom. The van der Waals surface area contributed by atoms with Gasteiger partial charge in [-0.15, -0.1) is 5.11 Å². The molecule has 0 bridgehead atoms. The molecule has 31 heavy (non-hydrogen) atoms. The van der Waals surface area contributed by atoms with Crippen LogP contribution in [0.4, 0.5) is 5.69 Å². The Morgan fingerprint density at radius 3 is 2.06 bits per heavy atom. The highest BCUT2D eigenvalue weighted by Gasteiger charge is 2.27. The second-order valence-electron chi connectivity index (χ2n) is 6.74. The number of sulfonamides is 1. The van der Waals surface area contributed by atoms with Crippen LogP contribution in [0, 0.1) is 6.92 Å². The lowest BCUT2D eigenvalue weighted by Gasteiger charge is -2.09. The zero-order valence-corrected chi connectivity index (χ0v) is 17.9. The van der Waals surface area contributed by atoms with E-state index in [4.69, 9.17) is 0 Å². The van der Waals surface area contributed by atoms with Crippen LogP contribution in [0.15, 0.2) is 98.3 Å². The molecule has 1 aromatic heterocycles. The van der Waals surface area contributed by atoms with Gasteiger partial charge in [0.05, 0.1) is 15.3 Å². The Hall–Kier alpha value is -3.50.